The highest BCUT2D eigenvalue weighted by atomic mass is 35.5. The Labute approximate surface area is 192 Å². The minimum Gasteiger partial charge on any atom is -0.497 e. The Balaban J connectivity index is 1.29. The van der Waals surface area contributed by atoms with E-state index >= 15 is 0 Å². The normalized spacial score (nSPS) is 17.0. The minimum atomic E-state index is 0.113. The number of anilines is 2. The van der Waals surface area contributed by atoms with E-state index in [9.17, 15) is 4.79 Å². The molecule has 2 fully saturated rings. The maximum absolute atomic E-state index is 12.7. The summed E-state index contributed by atoms with van der Waals surface area (Å²) in [5, 5.41) is 0.997. The number of amides is 1. The van der Waals surface area contributed by atoms with Crippen molar-refractivity contribution < 1.29 is 9.53 Å². The molecule has 166 valence electrons. The number of aromatic nitrogens is 2. The van der Waals surface area contributed by atoms with E-state index in [4.69, 9.17) is 16.3 Å². The van der Waals surface area contributed by atoms with Crippen molar-refractivity contribution in [1.29, 1.82) is 0 Å². The number of hydrogen-bond donors (Lipinski definition) is 0. The molecule has 0 radical (unpaired) electrons. The highest BCUT2D eigenvalue weighted by Gasteiger charge is 2.22. The molecule has 2 aromatic rings. The molecule has 3 heterocycles. The van der Waals surface area contributed by atoms with Crippen molar-refractivity contribution in [2.75, 3.05) is 61.9 Å². The number of piperazine rings is 1. The zero-order chi connectivity index (χ0) is 21.6. The predicted molar refractivity (Wildman–Crippen MR) is 126 cm³/mol. The Bertz CT molecular complexity index is 884. The first-order valence-electron chi connectivity index (χ1n) is 10.7. The molecule has 2 aliphatic heterocycles. The summed E-state index contributed by atoms with van der Waals surface area (Å²) in [5.41, 5.74) is 1.15. The van der Waals surface area contributed by atoms with E-state index in [-0.39, 0.29) is 5.91 Å². The fourth-order valence-electron chi connectivity index (χ4n) is 3.96. The molecule has 0 bridgehead atoms. The summed E-state index contributed by atoms with van der Waals surface area (Å²) in [6.07, 6.45) is 3.60. The predicted octanol–water partition coefficient (Wildman–Crippen LogP) is 3.57. The summed E-state index contributed by atoms with van der Waals surface area (Å²) < 4.78 is 5.22. The van der Waals surface area contributed by atoms with Gasteiger partial charge in [0.1, 0.15) is 16.7 Å². The Hall–Kier alpha value is -2.19. The molecule has 31 heavy (non-hydrogen) atoms. The summed E-state index contributed by atoms with van der Waals surface area (Å²) in [6, 6.07) is 9.86. The molecule has 1 aromatic carbocycles. The number of halogens is 1. The molecular weight excluding hydrogens is 434 g/mol. The van der Waals surface area contributed by atoms with Gasteiger partial charge in [-0.1, -0.05) is 23.4 Å². The van der Waals surface area contributed by atoms with Crippen LogP contribution in [0.1, 0.15) is 19.3 Å². The zero-order valence-corrected chi connectivity index (χ0v) is 19.4. The lowest BCUT2D eigenvalue weighted by Crippen LogP contribution is -2.49. The van der Waals surface area contributed by atoms with Crippen molar-refractivity contribution in [3.8, 4) is 5.75 Å². The molecule has 1 aromatic heterocycles. The highest BCUT2D eigenvalue weighted by Crippen LogP contribution is 2.25. The Morgan fingerprint density at radius 1 is 1.00 bits per heavy atom. The van der Waals surface area contributed by atoms with Gasteiger partial charge in [0.2, 0.25) is 5.91 Å². The number of rotatable bonds is 6. The number of thioether (sulfide) groups is 1. The van der Waals surface area contributed by atoms with Gasteiger partial charge in [-0.05, 0) is 43.5 Å². The molecule has 0 saturated carbocycles. The van der Waals surface area contributed by atoms with Crippen molar-refractivity contribution in [1.82, 2.24) is 14.9 Å². The number of methoxy groups -OCH3 is 1. The van der Waals surface area contributed by atoms with Gasteiger partial charge in [-0.2, -0.15) is 0 Å². The monoisotopic (exact) mass is 461 g/mol. The summed E-state index contributed by atoms with van der Waals surface area (Å²) in [5.74, 6) is 2.15. The molecule has 0 spiro atoms. The van der Waals surface area contributed by atoms with E-state index in [2.05, 4.69) is 31.9 Å². The fraction of sp³-hybridized carbons (Fsp3) is 0.500. The topological polar surface area (TPSA) is 61.8 Å². The standard InChI is InChI=1S/C22H28ClN5O2S/c1-30-18-7-5-17(6-8-18)26-11-13-28(14-12-26)21(29)16-31-22-24-19(23)15-20(25-22)27-9-3-2-4-10-27/h5-8,15H,2-4,9-14,16H2,1H3. The average molecular weight is 462 g/mol. The van der Waals surface area contributed by atoms with Crippen LogP contribution >= 0.6 is 23.4 Å². The molecule has 0 atom stereocenters. The van der Waals surface area contributed by atoms with Crippen LogP contribution in [0.2, 0.25) is 5.15 Å². The maximum atomic E-state index is 12.7. The largest absolute Gasteiger partial charge is 0.497 e. The second-order valence-electron chi connectivity index (χ2n) is 7.73. The first kappa shape index (κ1) is 22.0. The van der Waals surface area contributed by atoms with E-state index in [1.165, 1.54) is 31.0 Å². The van der Waals surface area contributed by atoms with Crippen LogP contribution in [0.3, 0.4) is 0 Å². The lowest BCUT2D eigenvalue weighted by Gasteiger charge is -2.36. The molecular formula is C22H28ClN5O2S. The average Bonchev–Trinajstić information content (AvgIpc) is 2.83. The highest BCUT2D eigenvalue weighted by molar-refractivity contribution is 7.99. The van der Waals surface area contributed by atoms with Crippen molar-refractivity contribution in [3.63, 3.8) is 0 Å². The fourth-order valence-corrected chi connectivity index (χ4v) is 4.94. The van der Waals surface area contributed by atoms with Gasteiger partial charge in [0.15, 0.2) is 5.16 Å². The van der Waals surface area contributed by atoms with Gasteiger partial charge in [-0.3, -0.25) is 4.79 Å². The van der Waals surface area contributed by atoms with Crippen LogP contribution in [0.5, 0.6) is 5.75 Å². The molecule has 0 unspecified atom stereocenters. The molecule has 0 aliphatic carbocycles. The van der Waals surface area contributed by atoms with Crippen molar-refractivity contribution in [2.45, 2.75) is 24.4 Å². The summed E-state index contributed by atoms with van der Waals surface area (Å²) in [4.78, 5) is 28.2. The van der Waals surface area contributed by atoms with Crippen LogP contribution in [-0.2, 0) is 4.79 Å². The van der Waals surface area contributed by atoms with Crippen LogP contribution in [0.15, 0.2) is 35.5 Å². The molecule has 9 heteroatoms. The molecule has 2 saturated heterocycles. The van der Waals surface area contributed by atoms with Gasteiger partial charge < -0.3 is 19.4 Å². The second kappa shape index (κ2) is 10.4. The minimum absolute atomic E-state index is 0.113. The lowest BCUT2D eigenvalue weighted by molar-refractivity contribution is -0.128. The quantitative estimate of drug-likeness (QED) is 0.370. The van der Waals surface area contributed by atoms with Crippen molar-refractivity contribution in [3.05, 3.63) is 35.5 Å². The summed E-state index contributed by atoms with van der Waals surface area (Å²) in [7, 11) is 1.67. The smallest absolute Gasteiger partial charge is 0.233 e. The molecule has 2 aliphatic rings. The third kappa shape index (κ3) is 5.74. The molecule has 1 amide bonds. The third-order valence-corrected chi connectivity index (χ3v) is 6.76. The second-order valence-corrected chi connectivity index (χ2v) is 9.06. The van der Waals surface area contributed by atoms with E-state index in [0.717, 1.165) is 43.4 Å². The Morgan fingerprint density at radius 2 is 1.71 bits per heavy atom. The Morgan fingerprint density at radius 3 is 2.39 bits per heavy atom. The van der Waals surface area contributed by atoms with E-state index in [1.54, 1.807) is 7.11 Å². The van der Waals surface area contributed by atoms with E-state index < -0.39 is 0 Å². The van der Waals surface area contributed by atoms with Gasteiger partial charge >= 0.3 is 0 Å². The number of piperidine rings is 1. The van der Waals surface area contributed by atoms with Crippen LogP contribution in [-0.4, -0.2) is 72.9 Å². The maximum Gasteiger partial charge on any atom is 0.233 e. The van der Waals surface area contributed by atoms with Gasteiger partial charge in [-0.15, -0.1) is 0 Å². The first-order chi connectivity index (χ1) is 15.1. The van der Waals surface area contributed by atoms with Crippen LogP contribution in [0.25, 0.3) is 0 Å². The first-order valence-corrected chi connectivity index (χ1v) is 12.1. The number of carbonyl (C=O) groups excluding carboxylic acids is 1. The van der Waals surface area contributed by atoms with Gasteiger partial charge in [0.25, 0.3) is 0 Å². The van der Waals surface area contributed by atoms with Gasteiger partial charge in [0.05, 0.1) is 12.9 Å². The van der Waals surface area contributed by atoms with Gasteiger partial charge in [-0.25, -0.2) is 9.97 Å². The van der Waals surface area contributed by atoms with E-state index in [0.29, 0.717) is 29.2 Å². The number of carbonyl (C=O) groups is 1. The molecule has 7 nitrogen and oxygen atoms in total. The molecule has 4 rings (SSSR count). The number of benzene rings is 1. The van der Waals surface area contributed by atoms with E-state index in [1.807, 2.05) is 23.1 Å². The zero-order valence-electron chi connectivity index (χ0n) is 17.8. The van der Waals surface area contributed by atoms with Crippen LogP contribution in [0, 0.1) is 0 Å². The Kier molecular flexibility index (Phi) is 7.40. The van der Waals surface area contributed by atoms with Crippen molar-refractivity contribution in [2.24, 2.45) is 0 Å². The lowest BCUT2D eigenvalue weighted by atomic mass is 10.1. The number of nitrogens with zero attached hydrogens (tertiary/aromatic N) is 5. The van der Waals surface area contributed by atoms with Gasteiger partial charge in [0, 0.05) is 51.0 Å². The third-order valence-electron chi connectivity index (χ3n) is 5.74. The molecule has 0 N–H and O–H groups in total. The van der Waals surface area contributed by atoms with Crippen molar-refractivity contribution >= 4 is 40.8 Å². The van der Waals surface area contributed by atoms with Crippen LogP contribution in [0.4, 0.5) is 11.5 Å². The SMILES string of the molecule is COc1ccc(N2CCN(C(=O)CSc3nc(Cl)cc(N4CCCCC4)n3)CC2)cc1. The number of ether oxygens (including phenoxy) is 1. The summed E-state index contributed by atoms with van der Waals surface area (Å²) in [6.45, 7) is 5.04. The summed E-state index contributed by atoms with van der Waals surface area (Å²) >= 11 is 7.59. The number of hydrogen-bond acceptors (Lipinski definition) is 7. The van der Waals surface area contributed by atoms with Crippen LogP contribution < -0.4 is 14.5 Å².